The molecule has 0 radical (unpaired) electrons. The fraction of sp³-hybridized carbons (Fsp3) is 0.250. The summed E-state index contributed by atoms with van der Waals surface area (Å²) in [6.45, 7) is 0.500. The SMILES string of the molecule is O=[N+]([O-])c1cn2c(n1)OC[C@@H](OCc1ccc(-c3ccc(OC(F)(F)F)cc3)c(F)c1)C2. The Balaban J connectivity index is 1.38. The summed E-state index contributed by atoms with van der Waals surface area (Å²) in [5.74, 6) is -1.29. The molecule has 2 aromatic carbocycles. The summed E-state index contributed by atoms with van der Waals surface area (Å²) in [7, 11) is 0. The van der Waals surface area contributed by atoms with Crippen LogP contribution in [0.3, 0.4) is 0 Å². The summed E-state index contributed by atoms with van der Waals surface area (Å²) in [6.07, 6.45) is -3.96. The number of nitro groups is 1. The van der Waals surface area contributed by atoms with E-state index in [2.05, 4.69) is 9.72 Å². The maximum absolute atomic E-state index is 14.6. The molecule has 0 fully saturated rings. The van der Waals surface area contributed by atoms with Crippen LogP contribution in [-0.2, 0) is 17.9 Å². The van der Waals surface area contributed by atoms with E-state index < -0.39 is 29.0 Å². The number of fused-ring (bicyclic) bond motifs is 1. The molecular weight excluding hydrogens is 438 g/mol. The molecule has 0 saturated heterocycles. The van der Waals surface area contributed by atoms with Gasteiger partial charge in [0.2, 0.25) is 0 Å². The highest BCUT2D eigenvalue weighted by atomic mass is 19.4. The second-order valence-electron chi connectivity index (χ2n) is 6.92. The van der Waals surface area contributed by atoms with Gasteiger partial charge in [0.15, 0.2) is 0 Å². The van der Waals surface area contributed by atoms with Crippen LogP contribution in [0, 0.1) is 15.9 Å². The Bertz CT molecular complexity index is 1130. The molecule has 32 heavy (non-hydrogen) atoms. The van der Waals surface area contributed by atoms with Crippen molar-refractivity contribution in [1.29, 1.82) is 0 Å². The zero-order chi connectivity index (χ0) is 22.9. The monoisotopic (exact) mass is 453 g/mol. The molecule has 1 aliphatic rings. The van der Waals surface area contributed by atoms with Crippen molar-refractivity contribution in [3.05, 3.63) is 70.2 Å². The molecule has 12 heteroatoms. The van der Waals surface area contributed by atoms with Gasteiger partial charge in [-0.05, 0) is 34.2 Å². The van der Waals surface area contributed by atoms with Crippen molar-refractivity contribution in [3.8, 4) is 22.9 Å². The lowest BCUT2D eigenvalue weighted by Crippen LogP contribution is -2.32. The number of benzene rings is 2. The molecule has 168 valence electrons. The molecule has 1 aliphatic heterocycles. The van der Waals surface area contributed by atoms with Crippen LogP contribution in [0.2, 0.25) is 0 Å². The van der Waals surface area contributed by atoms with Crippen LogP contribution >= 0.6 is 0 Å². The van der Waals surface area contributed by atoms with Gasteiger partial charge in [-0.2, -0.15) is 0 Å². The third-order valence-electron chi connectivity index (χ3n) is 4.63. The van der Waals surface area contributed by atoms with Crippen molar-refractivity contribution >= 4 is 5.82 Å². The third-order valence-corrected chi connectivity index (χ3v) is 4.63. The second-order valence-corrected chi connectivity index (χ2v) is 6.92. The van der Waals surface area contributed by atoms with E-state index in [0.29, 0.717) is 17.7 Å². The Kier molecular flexibility index (Phi) is 5.70. The molecule has 1 aromatic heterocycles. The first-order valence-electron chi connectivity index (χ1n) is 9.28. The number of rotatable bonds is 6. The molecule has 1 atom stereocenters. The number of imidazole rings is 1. The van der Waals surface area contributed by atoms with Gasteiger partial charge in [-0.15, -0.1) is 13.2 Å². The van der Waals surface area contributed by atoms with E-state index in [1.165, 1.54) is 35.0 Å². The summed E-state index contributed by atoms with van der Waals surface area (Å²) in [4.78, 5) is 13.9. The zero-order valence-electron chi connectivity index (χ0n) is 16.2. The Hall–Kier alpha value is -3.67. The lowest BCUT2D eigenvalue weighted by atomic mass is 10.0. The quantitative estimate of drug-likeness (QED) is 0.311. The van der Waals surface area contributed by atoms with Crippen molar-refractivity contribution in [2.24, 2.45) is 0 Å². The number of alkyl halides is 3. The molecule has 0 bridgehead atoms. The summed E-state index contributed by atoms with van der Waals surface area (Å²) in [6, 6.07) is 9.42. The topological polar surface area (TPSA) is 88.7 Å². The predicted octanol–water partition coefficient (Wildman–Crippen LogP) is 4.47. The van der Waals surface area contributed by atoms with Gasteiger partial charge < -0.3 is 24.3 Å². The van der Waals surface area contributed by atoms with Gasteiger partial charge in [-0.1, -0.05) is 24.3 Å². The van der Waals surface area contributed by atoms with Gasteiger partial charge in [-0.3, -0.25) is 4.57 Å². The van der Waals surface area contributed by atoms with E-state index in [1.807, 2.05) is 0 Å². The zero-order valence-corrected chi connectivity index (χ0v) is 16.2. The minimum Gasteiger partial charge on any atom is -0.443 e. The Morgan fingerprint density at radius 3 is 2.62 bits per heavy atom. The first-order chi connectivity index (χ1) is 15.2. The minimum atomic E-state index is -4.80. The largest absolute Gasteiger partial charge is 0.573 e. The van der Waals surface area contributed by atoms with Gasteiger partial charge in [0, 0.05) is 10.5 Å². The maximum atomic E-state index is 14.6. The molecule has 8 nitrogen and oxygen atoms in total. The fourth-order valence-corrected chi connectivity index (χ4v) is 3.19. The van der Waals surface area contributed by atoms with E-state index in [0.717, 1.165) is 12.1 Å². The Labute approximate surface area is 178 Å². The van der Waals surface area contributed by atoms with Crippen LogP contribution in [0.5, 0.6) is 11.8 Å². The normalized spacial score (nSPS) is 15.7. The van der Waals surface area contributed by atoms with Crippen molar-refractivity contribution in [2.45, 2.75) is 25.6 Å². The molecule has 0 spiro atoms. The number of ether oxygens (including phenoxy) is 3. The highest BCUT2D eigenvalue weighted by molar-refractivity contribution is 5.65. The molecule has 4 rings (SSSR count). The molecule has 0 aliphatic carbocycles. The molecule has 0 N–H and O–H groups in total. The fourth-order valence-electron chi connectivity index (χ4n) is 3.19. The summed E-state index contributed by atoms with van der Waals surface area (Å²) in [5, 5.41) is 10.8. The van der Waals surface area contributed by atoms with Crippen molar-refractivity contribution in [3.63, 3.8) is 0 Å². The van der Waals surface area contributed by atoms with Gasteiger partial charge in [0.1, 0.15) is 30.5 Å². The van der Waals surface area contributed by atoms with Crippen molar-refractivity contribution < 1.29 is 36.7 Å². The van der Waals surface area contributed by atoms with Crippen LogP contribution in [0.15, 0.2) is 48.7 Å². The van der Waals surface area contributed by atoms with E-state index in [9.17, 15) is 27.7 Å². The number of hydrogen-bond acceptors (Lipinski definition) is 6. The first-order valence-corrected chi connectivity index (χ1v) is 9.28. The van der Waals surface area contributed by atoms with E-state index in [1.54, 1.807) is 6.07 Å². The molecule has 0 unspecified atom stereocenters. The van der Waals surface area contributed by atoms with Crippen LogP contribution < -0.4 is 9.47 Å². The van der Waals surface area contributed by atoms with Crippen LogP contribution in [0.1, 0.15) is 5.56 Å². The smallest absolute Gasteiger partial charge is 0.443 e. The summed E-state index contributed by atoms with van der Waals surface area (Å²) in [5.41, 5.74) is 1.13. The third kappa shape index (κ3) is 4.97. The molecule has 0 amide bonds. The predicted molar refractivity (Wildman–Crippen MR) is 101 cm³/mol. The standard InChI is InChI=1S/C20H15F4N3O5/c21-17-7-12(1-6-16(17)13-2-4-14(5-3-13)32-20(22,23)24)10-30-15-8-26-9-18(27(28)29)25-19(26)31-11-15/h1-7,9,15H,8,10-11H2/t15-/m0/s1. The summed E-state index contributed by atoms with van der Waals surface area (Å²) < 4.78 is 67.7. The Morgan fingerprint density at radius 1 is 1.22 bits per heavy atom. The molecule has 3 aromatic rings. The van der Waals surface area contributed by atoms with Crippen LogP contribution in [0.4, 0.5) is 23.4 Å². The number of aromatic nitrogens is 2. The van der Waals surface area contributed by atoms with Gasteiger partial charge >= 0.3 is 18.2 Å². The van der Waals surface area contributed by atoms with E-state index >= 15 is 0 Å². The first kappa shape index (κ1) is 21.6. The molecule has 0 saturated carbocycles. The number of nitrogens with zero attached hydrogens (tertiary/aromatic N) is 3. The number of halogens is 4. The molecule has 2 heterocycles. The maximum Gasteiger partial charge on any atom is 0.573 e. The Morgan fingerprint density at radius 2 is 1.97 bits per heavy atom. The highest BCUT2D eigenvalue weighted by Gasteiger charge is 2.31. The highest BCUT2D eigenvalue weighted by Crippen LogP contribution is 2.29. The number of hydrogen-bond donors (Lipinski definition) is 0. The van der Waals surface area contributed by atoms with Crippen molar-refractivity contribution in [1.82, 2.24) is 9.55 Å². The second kappa shape index (κ2) is 8.46. The van der Waals surface area contributed by atoms with Crippen LogP contribution in [-0.4, -0.2) is 33.5 Å². The average molecular weight is 453 g/mol. The van der Waals surface area contributed by atoms with Crippen molar-refractivity contribution in [2.75, 3.05) is 6.61 Å². The lowest BCUT2D eigenvalue weighted by molar-refractivity contribution is -0.389. The lowest BCUT2D eigenvalue weighted by Gasteiger charge is -2.22. The van der Waals surface area contributed by atoms with Crippen LogP contribution in [0.25, 0.3) is 11.1 Å². The summed E-state index contributed by atoms with van der Waals surface area (Å²) >= 11 is 0. The average Bonchev–Trinajstić information content (AvgIpc) is 3.16. The van der Waals surface area contributed by atoms with E-state index in [4.69, 9.17) is 9.47 Å². The van der Waals surface area contributed by atoms with Gasteiger partial charge in [0.05, 0.1) is 13.2 Å². The van der Waals surface area contributed by atoms with Gasteiger partial charge in [-0.25, -0.2) is 4.39 Å². The van der Waals surface area contributed by atoms with E-state index in [-0.39, 0.29) is 30.6 Å². The minimum absolute atomic E-state index is 0.0652. The molecular formula is C20H15F4N3O5. The van der Waals surface area contributed by atoms with Gasteiger partial charge in [0.25, 0.3) is 0 Å².